The van der Waals surface area contributed by atoms with Gasteiger partial charge in [0.1, 0.15) is 6.04 Å². The fourth-order valence-electron chi connectivity index (χ4n) is 2.08. The van der Waals surface area contributed by atoms with E-state index in [1.165, 1.54) is 11.0 Å². The molecule has 0 radical (unpaired) electrons. The first kappa shape index (κ1) is 15.4. The second-order valence-corrected chi connectivity index (χ2v) is 5.75. The van der Waals surface area contributed by atoms with Crippen LogP contribution in [0.25, 0.3) is 0 Å². The Bertz CT molecular complexity index is 563. The summed E-state index contributed by atoms with van der Waals surface area (Å²) in [7, 11) is 0. The Morgan fingerprint density at radius 2 is 1.85 bits per heavy atom. The topological polar surface area (TPSA) is 49.4 Å². The van der Waals surface area contributed by atoms with E-state index >= 15 is 0 Å². The average Bonchev–Trinajstić information content (AvgIpc) is 2.64. The van der Waals surface area contributed by atoms with Crippen LogP contribution < -0.4 is 5.32 Å². The molecule has 1 heterocycles. The van der Waals surface area contributed by atoms with Crippen molar-refractivity contribution in [1.82, 2.24) is 4.90 Å². The van der Waals surface area contributed by atoms with Crippen molar-refractivity contribution < 1.29 is 9.59 Å². The summed E-state index contributed by atoms with van der Waals surface area (Å²) in [6, 6.07) is 2.44. The molecule has 1 atom stereocenters. The Balaban J connectivity index is 2.17. The van der Waals surface area contributed by atoms with Gasteiger partial charge in [0.2, 0.25) is 5.91 Å². The summed E-state index contributed by atoms with van der Waals surface area (Å²) in [5.41, 5.74) is 0.491. The van der Waals surface area contributed by atoms with Crippen LogP contribution in [-0.4, -0.2) is 29.3 Å². The number of rotatable bonds is 4. The molecule has 0 aromatic heterocycles. The molecule has 1 aromatic carbocycles. The second kappa shape index (κ2) is 6.20. The van der Waals surface area contributed by atoms with Gasteiger partial charge in [-0.2, -0.15) is 0 Å². The third-order valence-electron chi connectivity index (χ3n) is 3.03. The van der Waals surface area contributed by atoms with Crippen LogP contribution in [0, 0.1) is 0 Å². The van der Waals surface area contributed by atoms with Gasteiger partial charge in [-0.3, -0.25) is 14.5 Å². The first-order chi connectivity index (χ1) is 9.43. The molecule has 2 amide bonds. The van der Waals surface area contributed by atoms with Crippen molar-refractivity contribution in [3.8, 4) is 0 Å². The van der Waals surface area contributed by atoms with Gasteiger partial charge < -0.3 is 5.32 Å². The number of imide groups is 1. The molecule has 0 bridgehead atoms. The third-order valence-corrected chi connectivity index (χ3v) is 4.07. The molecule has 1 aliphatic heterocycles. The third kappa shape index (κ3) is 3.03. The number of nitrogens with zero attached hydrogens (tertiary/aromatic N) is 1. The van der Waals surface area contributed by atoms with Crippen molar-refractivity contribution in [3.63, 3.8) is 0 Å². The summed E-state index contributed by atoms with van der Waals surface area (Å²) >= 11 is 17.8. The van der Waals surface area contributed by atoms with Gasteiger partial charge in [-0.1, -0.05) is 41.7 Å². The molecule has 7 heteroatoms. The van der Waals surface area contributed by atoms with Gasteiger partial charge in [-0.25, -0.2) is 0 Å². The van der Waals surface area contributed by atoms with Crippen molar-refractivity contribution in [2.75, 3.05) is 11.9 Å². The van der Waals surface area contributed by atoms with Gasteiger partial charge in [-0.15, -0.1) is 0 Å². The molecule has 20 heavy (non-hydrogen) atoms. The molecule has 0 spiro atoms. The quantitative estimate of drug-likeness (QED) is 0.675. The van der Waals surface area contributed by atoms with Gasteiger partial charge in [-0.05, 0) is 18.6 Å². The molecule has 1 unspecified atom stereocenters. The van der Waals surface area contributed by atoms with E-state index in [0.29, 0.717) is 27.3 Å². The zero-order valence-corrected chi connectivity index (χ0v) is 13.0. The van der Waals surface area contributed by atoms with Crippen LogP contribution >= 0.6 is 34.8 Å². The number of carbonyl (C=O) groups is 2. The first-order valence-corrected chi connectivity index (χ1v) is 7.32. The van der Waals surface area contributed by atoms with Crippen LogP contribution in [0.15, 0.2) is 12.1 Å². The van der Waals surface area contributed by atoms with Gasteiger partial charge >= 0.3 is 0 Å². The van der Waals surface area contributed by atoms with Crippen molar-refractivity contribution >= 4 is 52.3 Å². The highest BCUT2D eigenvalue weighted by molar-refractivity contribution is 6.44. The minimum Gasteiger partial charge on any atom is -0.372 e. The molecule has 2 rings (SSSR count). The molecule has 0 aliphatic carbocycles. The zero-order valence-electron chi connectivity index (χ0n) is 10.8. The number of hydrogen-bond acceptors (Lipinski definition) is 3. The van der Waals surface area contributed by atoms with E-state index in [1.54, 1.807) is 6.07 Å². The number of anilines is 1. The van der Waals surface area contributed by atoms with Gasteiger partial charge in [0, 0.05) is 6.54 Å². The lowest BCUT2D eigenvalue weighted by Gasteiger charge is -2.16. The Morgan fingerprint density at radius 1 is 1.20 bits per heavy atom. The van der Waals surface area contributed by atoms with E-state index in [2.05, 4.69) is 5.32 Å². The number of amides is 2. The summed E-state index contributed by atoms with van der Waals surface area (Å²) in [5.74, 6) is -0.412. The van der Waals surface area contributed by atoms with Crippen molar-refractivity contribution in [1.29, 1.82) is 0 Å². The van der Waals surface area contributed by atoms with Crippen LogP contribution in [0.2, 0.25) is 15.1 Å². The van der Waals surface area contributed by atoms with Crippen molar-refractivity contribution in [2.45, 2.75) is 25.8 Å². The summed E-state index contributed by atoms with van der Waals surface area (Å²) in [6.45, 7) is 2.35. The standard InChI is InChI=1S/C13H13Cl3N2O2/c1-2-3-18-12(19)6-11(13(18)20)17-10-5-8(15)7(14)4-9(10)16/h4-5,11,17H,2-3,6H2,1H3. The summed E-state index contributed by atoms with van der Waals surface area (Å²) in [5, 5.41) is 3.98. The lowest BCUT2D eigenvalue weighted by molar-refractivity contribution is -0.138. The van der Waals surface area contributed by atoms with Crippen molar-refractivity contribution in [3.05, 3.63) is 27.2 Å². The van der Waals surface area contributed by atoms with Crippen LogP contribution in [0.4, 0.5) is 5.69 Å². The first-order valence-electron chi connectivity index (χ1n) is 6.19. The molecule has 4 nitrogen and oxygen atoms in total. The van der Waals surface area contributed by atoms with E-state index in [-0.39, 0.29) is 18.2 Å². The second-order valence-electron chi connectivity index (χ2n) is 4.53. The lowest BCUT2D eigenvalue weighted by atomic mass is 10.2. The van der Waals surface area contributed by atoms with Crippen LogP contribution in [0.3, 0.4) is 0 Å². The Hall–Kier alpha value is -0.970. The summed E-state index contributed by atoms with van der Waals surface area (Å²) in [4.78, 5) is 25.1. The van der Waals surface area contributed by atoms with E-state index in [1.807, 2.05) is 6.92 Å². The van der Waals surface area contributed by atoms with Gasteiger partial charge in [0.05, 0.1) is 27.2 Å². The average molecular weight is 336 g/mol. The molecule has 1 aromatic rings. The lowest BCUT2D eigenvalue weighted by Crippen LogP contribution is -2.35. The molecule has 0 saturated carbocycles. The molecule has 1 saturated heterocycles. The van der Waals surface area contributed by atoms with Gasteiger partial charge in [0.25, 0.3) is 5.91 Å². The Labute approximate surface area is 132 Å². The number of halogens is 3. The highest BCUT2D eigenvalue weighted by atomic mass is 35.5. The van der Waals surface area contributed by atoms with E-state index in [0.717, 1.165) is 6.42 Å². The maximum Gasteiger partial charge on any atom is 0.252 e. The van der Waals surface area contributed by atoms with Crippen LogP contribution in [0.1, 0.15) is 19.8 Å². The zero-order chi connectivity index (χ0) is 14.9. The van der Waals surface area contributed by atoms with E-state index in [9.17, 15) is 9.59 Å². The Morgan fingerprint density at radius 3 is 2.50 bits per heavy atom. The molecular weight excluding hydrogens is 323 g/mol. The smallest absolute Gasteiger partial charge is 0.252 e. The molecule has 1 fully saturated rings. The summed E-state index contributed by atoms with van der Waals surface area (Å²) < 4.78 is 0. The number of benzene rings is 1. The molecular formula is C13H13Cl3N2O2. The number of carbonyl (C=O) groups excluding carboxylic acids is 2. The summed E-state index contributed by atoms with van der Waals surface area (Å²) in [6.07, 6.45) is 0.854. The predicted octanol–water partition coefficient (Wildman–Crippen LogP) is 3.60. The highest BCUT2D eigenvalue weighted by Crippen LogP contribution is 2.33. The molecule has 1 aliphatic rings. The largest absolute Gasteiger partial charge is 0.372 e. The van der Waals surface area contributed by atoms with E-state index < -0.39 is 6.04 Å². The number of nitrogens with one attached hydrogen (secondary N) is 1. The SMILES string of the molecule is CCCN1C(=O)CC(Nc2cc(Cl)c(Cl)cc2Cl)C1=O. The van der Waals surface area contributed by atoms with Gasteiger partial charge in [0.15, 0.2) is 0 Å². The maximum atomic E-state index is 12.1. The van der Waals surface area contributed by atoms with E-state index in [4.69, 9.17) is 34.8 Å². The molecule has 1 N–H and O–H groups in total. The minimum absolute atomic E-state index is 0.120. The normalized spacial score (nSPS) is 18.8. The van der Waals surface area contributed by atoms with Crippen molar-refractivity contribution in [2.24, 2.45) is 0 Å². The van der Waals surface area contributed by atoms with Crippen LogP contribution in [0.5, 0.6) is 0 Å². The predicted molar refractivity (Wildman–Crippen MR) is 80.5 cm³/mol. The molecule has 108 valence electrons. The maximum absolute atomic E-state index is 12.1. The monoisotopic (exact) mass is 334 g/mol. The highest BCUT2D eigenvalue weighted by Gasteiger charge is 2.38. The van der Waals surface area contributed by atoms with Crippen LogP contribution in [-0.2, 0) is 9.59 Å². The fourth-order valence-corrected chi connectivity index (χ4v) is 2.68. The Kier molecular flexibility index (Phi) is 4.78. The number of hydrogen-bond donors (Lipinski definition) is 1. The minimum atomic E-state index is -0.608. The number of likely N-dealkylation sites (tertiary alicyclic amines) is 1. The fraction of sp³-hybridized carbons (Fsp3) is 0.385.